The van der Waals surface area contributed by atoms with E-state index in [-0.39, 0.29) is 0 Å². The first-order valence-corrected chi connectivity index (χ1v) is 7.81. The van der Waals surface area contributed by atoms with Gasteiger partial charge in [-0.15, -0.1) is 0 Å². The molecule has 0 aliphatic carbocycles. The topological polar surface area (TPSA) is 49.9 Å². The van der Waals surface area contributed by atoms with Gasteiger partial charge in [0.25, 0.3) is 0 Å². The molecule has 0 amide bonds. The van der Waals surface area contributed by atoms with Crippen LogP contribution in [-0.2, 0) is 9.84 Å². The predicted octanol–water partition coefficient (Wildman–Crippen LogP) is 3.24. The standard InChI is InChI=1S/C15H13NO2S/c1-19(17,18)12-7-5-11(6-8-12)13-3-2-4-15-14(13)9-10-16-15/h2-10,16H,1H3. The molecule has 0 aliphatic rings. The van der Waals surface area contributed by atoms with Crippen LogP contribution in [0.15, 0.2) is 59.6 Å². The Morgan fingerprint density at radius 1 is 0.947 bits per heavy atom. The summed E-state index contributed by atoms with van der Waals surface area (Å²) < 4.78 is 22.9. The molecule has 19 heavy (non-hydrogen) atoms. The summed E-state index contributed by atoms with van der Waals surface area (Å²) in [5.41, 5.74) is 3.18. The monoisotopic (exact) mass is 271 g/mol. The minimum absolute atomic E-state index is 0.345. The van der Waals surface area contributed by atoms with Crippen LogP contribution in [0.3, 0.4) is 0 Å². The number of rotatable bonds is 2. The largest absolute Gasteiger partial charge is 0.361 e. The lowest BCUT2D eigenvalue weighted by atomic mass is 10.0. The molecule has 0 saturated carbocycles. The second-order valence-electron chi connectivity index (χ2n) is 4.54. The first-order valence-electron chi connectivity index (χ1n) is 5.92. The van der Waals surface area contributed by atoms with E-state index >= 15 is 0 Å². The molecule has 0 aliphatic heterocycles. The van der Waals surface area contributed by atoms with E-state index in [0.29, 0.717) is 4.90 Å². The Morgan fingerprint density at radius 3 is 2.37 bits per heavy atom. The highest BCUT2D eigenvalue weighted by atomic mass is 32.2. The smallest absolute Gasteiger partial charge is 0.175 e. The minimum Gasteiger partial charge on any atom is -0.361 e. The van der Waals surface area contributed by atoms with Crippen molar-refractivity contribution in [2.75, 3.05) is 6.26 Å². The van der Waals surface area contributed by atoms with Gasteiger partial charge < -0.3 is 4.98 Å². The Balaban J connectivity index is 2.15. The molecule has 1 heterocycles. The molecule has 0 saturated heterocycles. The van der Waals surface area contributed by atoms with Crippen molar-refractivity contribution in [2.24, 2.45) is 0 Å². The fourth-order valence-electron chi connectivity index (χ4n) is 2.22. The summed E-state index contributed by atoms with van der Waals surface area (Å²) in [7, 11) is -3.14. The number of sulfone groups is 1. The van der Waals surface area contributed by atoms with Gasteiger partial charge in [0.05, 0.1) is 4.90 Å². The van der Waals surface area contributed by atoms with Gasteiger partial charge in [0, 0.05) is 23.4 Å². The normalized spacial score (nSPS) is 11.8. The molecule has 3 nitrogen and oxygen atoms in total. The van der Waals surface area contributed by atoms with E-state index in [1.807, 2.05) is 42.6 Å². The number of hydrogen-bond acceptors (Lipinski definition) is 2. The van der Waals surface area contributed by atoms with E-state index in [0.717, 1.165) is 22.0 Å². The zero-order valence-electron chi connectivity index (χ0n) is 10.4. The molecule has 0 fully saturated rings. The highest BCUT2D eigenvalue weighted by molar-refractivity contribution is 7.90. The Kier molecular flexibility index (Phi) is 2.68. The van der Waals surface area contributed by atoms with Crippen LogP contribution in [-0.4, -0.2) is 19.7 Å². The molecular weight excluding hydrogens is 258 g/mol. The highest BCUT2D eigenvalue weighted by Crippen LogP contribution is 2.28. The third kappa shape index (κ3) is 2.15. The van der Waals surface area contributed by atoms with Crippen LogP contribution in [0, 0.1) is 0 Å². The Bertz CT molecular complexity index is 830. The van der Waals surface area contributed by atoms with Gasteiger partial charge in [-0.1, -0.05) is 24.3 Å². The zero-order chi connectivity index (χ0) is 13.5. The van der Waals surface area contributed by atoms with Crippen molar-refractivity contribution in [3.05, 3.63) is 54.7 Å². The summed E-state index contributed by atoms with van der Waals surface area (Å²) in [6, 6.07) is 15.0. The molecule has 0 radical (unpaired) electrons. The Morgan fingerprint density at radius 2 is 1.68 bits per heavy atom. The van der Waals surface area contributed by atoms with Crippen molar-refractivity contribution in [1.29, 1.82) is 0 Å². The molecule has 0 bridgehead atoms. The van der Waals surface area contributed by atoms with Crippen molar-refractivity contribution in [2.45, 2.75) is 4.90 Å². The molecule has 2 aromatic carbocycles. The van der Waals surface area contributed by atoms with E-state index < -0.39 is 9.84 Å². The van der Waals surface area contributed by atoms with Crippen LogP contribution < -0.4 is 0 Å². The van der Waals surface area contributed by atoms with E-state index in [1.165, 1.54) is 6.26 Å². The SMILES string of the molecule is CS(=O)(=O)c1ccc(-c2cccc3[nH]ccc23)cc1. The molecule has 96 valence electrons. The van der Waals surface area contributed by atoms with Crippen LogP contribution >= 0.6 is 0 Å². The van der Waals surface area contributed by atoms with Crippen LogP contribution in [0.1, 0.15) is 0 Å². The number of hydrogen-bond donors (Lipinski definition) is 1. The first kappa shape index (κ1) is 12.0. The summed E-state index contributed by atoms with van der Waals surface area (Å²) in [6.45, 7) is 0. The van der Waals surface area contributed by atoms with Gasteiger partial charge in [0.2, 0.25) is 0 Å². The maximum Gasteiger partial charge on any atom is 0.175 e. The lowest BCUT2D eigenvalue weighted by Crippen LogP contribution is -1.96. The van der Waals surface area contributed by atoms with Crippen molar-refractivity contribution >= 4 is 20.7 Å². The summed E-state index contributed by atoms with van der Waals surface area (Å²) in [6.07, 6.45) is 3.12. The van der Waals surface area contributed by atoms with Crippen LogP contribution in [0.5, 0.6) is 0 Å². The third-order valence-corrected chi connectivity index (χ3v) is 4.32. The number of H-pyrrole nitrogens is 1. The van der Waals surface area contributed by atoms with E-state index in [9.17, 15) is 8.42 Å². The average Bonchev–Trinajstić information content (AvgIpc) is 2.86. The van der Waals surface area contributed by atoms with E-state index in [4.69, 9.17) is 0 Å². The van der Waals surface area contributed by atoms with Gasteiger partial charge in [-0.2, -0.15) is 0 Å². The maximum atomic E-state index is 11.4. The van der Waals surface area contributed by atoms with Crippen LogP contribution in [0.25, 0.3) is 22.0 Å². The second kappa shape index (κ2) is 4.24. The van der Waals surface area contributed by atoms with Gasteiger partial charge >= 0.3 is 0 Å². The molecule has 0 spiro atoms. The molecule has 0 unspecified atom stereocenters. The van der Waals surface area contributed by atoms with Crippen LogP contribution in [0.4, 0.5) is 0 Å². The highest BCUT2D eigenvalue weighted by Gasteiger charge is 2.08. The van der Waals surface area contributed by atoms with Crippen molar-refractivity contribution in [1.82, 2.24) is 4.98 Å². The van der Waals surface area contributed by atoms with Crippen molar-refractivity contribution in [3.63, 3.8) is 0 Å². The Labute approximate surface area is 111 Å². The number of fused-ring (bicyclic) bond motifs is 1. The lowest BCUT2D eigenvalue weighted by Gasteiger charge is -2.05. The molecule has 1 aromatic heterocycles. The first-order chi connectivity index (χ1) is 9.05. The lowest BCUT2D eigenvalue weighted by molar-refractivity contribution is 0.602. The fraction of sp³-hybridized carbons (Fsp3) is 0.0667. The molecule has 0 atom stereocenters. The quantitative estimate of drug-likeness (QED) is 0.778. The Hall–Kier alpha value is -2.07. The van der Waals surface area contributed by atoms with Gasteiger partial charge in [0.1, 0.15) is 0 Å². The van der Waals surface area contributed by atoms with Gasteiger partial charge in [-0.3, -0.25) is 0 Å². The number of benzene rings is 2. The fourth-order valence-corrected chi connectivity index (χ4v) is 2.85. The van der Waals surface area contributed by atoms with Crippen molar-refractivity contribution in [3.8, 4) is 11.1 Å². The molecule has 3 aromatic rings. The summed E-state index contributed by atoms with van der Waals surface area (Å²) in [5.74, 6) is 0. The molecular formula is C15H13NO2S. The summed E-state index contributed by atoms with van der Waals surface area (Å²) in [4.78, 5) is 3.51. The van der Waals surface area contributed by atoms with Gasteiger partial charge in [-0.05, 0) is 35.4 Å². The summed E-state index contributed by atoms with van der Waals surface area (Å²) >= 11 is 0. The average molecular weight is 271 g/mol. The van der Waals surface area contributed by atoms with Crippen molar-refractivity contribution < 1.29 is 8.42 Å². The number of aromatic nitrogens is 1. The molecule has 1 N–H and O–H groups in total. The van der Waals surface area contributed by atoms with Gasteiger partial charge in [-0.25, -0.2) is 8.42 Å². The van der Waals surface area contributed by atoms with E-state index in [2.05, 4.69) is 4.98 Å². The second-order valence-corrected chi connectivity index (χ2v) is 6.56. The maximum absolute atomic E-state index is 11.4. The third-order valence-electron chi connectivity index (χ3n) is 3.19. The predicted molar refractivity (Wildman–Crippen MR) is 76.8 cm³/mol. The van der Waals surface area contributed by atoms with Crippen LogP contribution in [0.2, 0.25) is 0 Å². The van der Waals surface area contributed by atoms with E-state index in [1.54, 1.807) is 12.1 Å². The number of nitrogens with one attached hydrogen (secondary N) is 1. The van der Waals surface area contributed by atoms with Gasteiger partial charge in [0.15, 0.2) is 9.84 Å². The molecule has 4 heteroatoms. The molecule has 3 rings (SSSR count). The zero-order valence-corrected chi connectivity index (χ0v) is 11.2. The minimum atomic E-state index is -3.14. The summed E-state index contributed by atoms with van der Waals surface area (Å²) in [5, 5.41) is 1.13. The number of aromatic amines is 1.